The summed E-state index contributed by atoms with van der Waals surface area (Å²) in [6.07, 6.45) is 1.93. The van der Waals surface area contributed by atoms with Crippen LogP contribution < -0.4 is 0 Å². The zero-order valence-electron chi connectivity index (χ0n) is 3.92. The van der Waals surface area contributed by atoms with Crippen LogP contribution in [0.25, 0.3) is 0 Å². The van der Waals surface area contributed by atoms with E-state index in [1.54, 1.807) is 0 Å². The van der Waals surface area contributed by atoms with Crippen LogP contribution in [-0.2, 0) is 4.79 Å². The van der Waals surface area contributed by atoms with Gasteiger partial charge < -0.3 is 5.11 Å². The summed E-state index contributed by atoms with van der Waals surface area (Å²) in [5, 5.41) is 8.09. The van der Waals surface area contributed by atoms with E-state index in [1.165, 1.54) is 6.08 Å². The van der Waals surface area contributed by atoms with E-state index < -0.39 is 0 Å². The SMILES string of the molecule is [CH2]C(C=O)=CCO. The topological polar surface area (TPSA) is 37.3 Å². The molecule has 0 aliphatic heterocycles. The van der Waals surface area contributed by atoms with Crippen LogP contribution in [0.5, 0.6) is 0 Å². The highest BCUT2D eigenvalue weighted by molar-refractivity contribution is 5.74. The predicted molar refractivity (Wildman–Crippen MR) is 26.6 cm³/mol. The van der Waals surface area contributed by atoms with Crippen molar-refractivity contribution in [2.45, 2.75) is 0 Å². The molecule has 0 aromatic rings. The van der Waals surface area contributed by atoms with Crippen LogP contribution in [0.1, 0.15) is 0 Å². The highest BCUT2D eigenvalue weighted by Crippen LogP contribution is 1.80. The standard InChI is InChI=1S/C5H7O2/c1-5(4-7)2-3-6/h2,4,6H,1,3H2. The van der Waals surface area contributed by atoms with Crippen molar-refractivity contribution in [2.24, 2.45) is 0 Å². The molecule has 7 heavy (non-hydrogen) atoms. The minimum Gasteiger partial charge on any atom is -0.392 e. The van der Waals surface area contributed by atoms with Crippen molar-refractivity contribution in [1.82, 2.24) is 0 Å². The average Bonchev–Trinajstić information content (AvgIpc) is 1.68. The third-order valence-electron chi connectivity index (χ3n) is 0.505. The first-order valence-corrected chi connectivity index (χ1v) is 1.89. The van der Waals surface area contributed by atoms with Crippen molar-refractivity contribution in [1.29, 1.82) is 0 Å². The summed E-state index contributed by atoms with van der Waals surface area (Å²) in [5.41, 5.74) is 0.322. The Labute approximate surface area is 42.5 Å². The van der Waals surface area contributed by atoms with Crippen molar-refractivity contribution in [3.05, 3.63) is 18.6 Å². The Balaban J connectivity index is 3.49. The summed E-state index contributed by atoms with van der Waals surface area (Å²) in [4.78, 5) is 9.65. The lowest BCUT2D eigenvalue weighted by atomic mass is 10.3. The summed E-state index contributed by atoms with van der Waals surface area (Å²) in [7, 11) is 0. The second-order valence-electron chi connectivity index (χ2n) is 1.08. The molecule has 0 aliphatic carbocycles. The number of hydrogen-bond donors (Lipinski definition) is 1. The largest absolute Gasteiger partial charge is 0.392 e. The molecule has 0 rings (SSSR count). The summed E-state index contributed by atoms with van der Waals surface area (Å²) in [6, 6.07) is 0. The van der Waals surface area contributed by atoms with Gasteiger partial charge in [0.25, 0.3) is 0 Å². The first-order chi connectivity index (χ1) is 3.31. The molecule has 0 saturated carbocycles. The summed E-state index contributed by atoms with van der Waals surface area (Å²) in [6.45, 7) is 3.17. The highest BCUT2D eigenvalue weighted by Gasteiger charge is 1.77. The van der Waals surface area contributed by atoms with Crippen LogP contribution in [-0.4, -0.2) is 18.0 Å². The average molecular weight is 99.1 g/mol. The minimum absolute atomic E-state index is 0.114. The molecule has 0 aliphatic rings. The van der Waals surface area contributed by atoms with E-state index in [4.69, 9.17) is 5.11 Å². The van der Waals surface area contributed by atoms with Crippen LogP contribution in [0.2, 0.25) is 0 Å². The molecule has 0 saturated heterocycles. The number of hydrogen-bond acceptors (Lipinski definition) is 2. The molecule has 0 amide bonds. The van der Waals surface area contributed by atoms with Crippen molar-refractivity contribution in [3.8, 4) is 0 Å². The fraction of sp³-hybridized carbons (Fsp3) is 0.200. The van der Waals surface area contributed by atoms with E-state index in [1.807, 2.05) is 0 Å². The van der Waals surface area contributed by atoms with Crippen LogP contribution >= 0.6 is 0 Å². The maximum absolute atomic E-state index is 9.65. The van der Waals surface area contributed by atoms with E-state index in [9.17, 15) is 4.79 Å². The fourth-order valence-electron chi connectivity index (χ4n) is 0.165. The van der Waals surface area contributed by atoms with Crippen LogP contribution in [0.4, 0.5) is 0 Å². The molecule has 0 fully saturated rings. The lowest BCUT2D eigenvalue weighted by molar-refractivity contribution is -0.104. The molecule has 0 heterocycles. The molecule has 2 nitrogen and oxygen atoms in total. The first-order valence-electron chi connectivity index (χ1n) is 1.89. The van der Waals surface area contributed by atoms with Gasteiger partial charge in [-0.05, 0) is 12.5 Å². The van der Waals surface area contributed by atoms with E-state index in [0.717, 1.165) is 0 Å². The lowest BCUT2D eigenvalue weighted by Crippen LogP contribution is -1.79. The van der Waals surface area contributed by atoms with E-state index in [2.05, 4.69) is 6.92 Å². The van der Waals surface area contributed by atoms with Crippen LogP contribution in [0.3, 0.4) is 0 Å². The Morgan fingerprint density at radius 2 is 2.43 bits per heavy atom. The summed E-state index contributed by atoms with van der Waals surface area (Å²) >= 11 is 0. The van der Waals surface area contributed by atoms with Gasteiger partial charge in [0.2, 0.25) is 0 Å². The minimum atomic E-state index is -0.114. The van der Waals surface area contributed by atoms with E-state index in [0.29, 0.717) is 11.9 Å². The molecule has 0 bridgehead atoms. The van der Waals surface area contributed by atoms with Gasteiger partial charge in [-0.15, -0.1) is 0 Å². The molecule has 2 heteroatoms. The quantitative estimate of drug-likeness (QED) is 0.389. The number of rotatable bonds is 2. The van der Waals surface area contributed by atoms with E-state index >= 15 is 0 Å². The molecular formula is C5H7O2. The second-order valence-corrected chi connectivity index (χ2v) is 1.08. The maximum atomic E-state index is 9.65. The number of aliphatic hydroxyl groups is 1. The normalized spacial score (nSPS) is 11.4. The van der Waals surface area contributed by atoms with Crippen LogP contribution in [0, 0.1) is 6.92 Å². The van der Waals surface area contributed by atoms with Gasteiger partial charge in [-0.1, -0.05) is 6.08 Å². The monoisotopic (exact) mass is 99.0 g/mol. The molecule has 0 unspecified atom stereocenters. The Morgan fingerprint density at radius 1 is 1.86 bits per heavy atom. The summed E-state index contributed by atoms with van der Waals surface area (Å²) < 4.78 is 0. The molecular weight excluding hydrogens is 92.1 g/mol. The van der Waals surface area contributed by atoms with Crippen LogP contribution in [0.15, 0.2) is 11.6 Å². The Kier molecular flexibility index (Phi) is 3.24. The number of carbonyl (C=O) groups is 1. The van der Waals surface area contributed by atoms with Gasteiger partial charge in [0, 0.05) is 0 Å². The predicted octanol–water partition coefficient (Wildman–Crippen LogP) is -0.0619. The highest BCUT2D eigenvalue weighted by atomic mass is 16.2. The second kappa shape index (κ2) is 3.56. The third-order valence-corrected chi connectivity index (χ3v) is 0.505. The molecule has 0 spiro atoms. The molecule has 0 aromatic heterocycles. The maximum Gasteiger partial charge on any atom is 0.145 e. The summed E-state index contributed by atoms with van der Waals surface area (Å²) in [5.74, 6) is 0. The van der Waals surface area contributed by atoms with Crippen molar-refractivity contribution < 1.29 is 9.90 Å². The smallest absolute Gasteiger partial charge is 0.145 e. The molecule has 0 aromatic carbocycles. The van der Waals surface area contributed by atoms with E-state index in [-0.39, 0.29) is 6.61 Å². The zero-order valence-corrected chi connectivity index (χ0v) is 3.92. The van der Waals surface area contributed by atoms with Gasteiger partial charge in [-0.3, -0.25) is 4.79 Å². The Hall–Kier alpha value is -0.630. The third kappa shape index (κ3) is 3.19. The number of aliphatic hydroxyl groups excluding tert-OH is 1. The molecule has 1 N–H and O–H groups in total. The Morgan fingerprint density at radius 3 is 2.57 bits per heavy atom. The van der Waals surface area contributed by atoms with Gasteiger partial charge >= 0.3 is 0 Å². The number of allylic oxidation sites excluding steroid dienone is 1. The zero-order chi connectivity index (χ0) is 5.70. The molecule has 1 radical (unpaired) electrons. The lowest BCUT2D eigenvalue weighted by Gasteiger charge is -1.79. The first kappa shape index (κ1) is 6.37. The molecule has 0 atom stereocenters. The van der Waals surface area contributed by atoms with Crippen molar-refractivity contribution in [2.75, 3.05) is 6.61 Å². The van der Waals surface area contributed by atoms with Gasteiger partial charge in [0.1, 0.15) is 6.29 Å². The molecule has 39 valence electrons. The Bertz CT molecular complexity index is 84.1. The van der Waals surface area contributed by atoms with Gasteiger partial charge in [0.15, 0.2) is 0 Å². The fourth-order valence-corrected chi connectivity index (χ4v) is 0.165. The van der Waals surface area contributed by atoms with Gasteiger partial charge in [-0.25, -0.2) is 0 Å². The van der Waals surface area contributed by atoms with Crippen molar-refractivity contribution >= 4 is 6.29 Å². The van der Waals surface area contributed by atoms with Gasteiger partial charge in [-0.2, -0.15) is 0 Å². The number of carbonyl (C=O) groups excluding carboxylic acids is 1. The number of aldehydes is 1. The van der Waals surface area contributed by atoms with Gasteiger partial charge in [0.05, 0.1) is 6.61 Å². The van der Waals surface area contributed by atoms with Crippen molar-refractivity contribution in [3.63, 3.8) is 0 Å².